The second kappa shape index (κ2) is 6.30. The maximum atomic E-state index is 6.05. The van der Waals surface area contributed by atoms with Gasteiger partial charge in [-0.05, 0) is 42.7 Å². The number of hydrogen-bond acceptors (Lipinski definition) is 3. The molecular weight excluding hydrogens is 308 g/mol. The van der Waals surface area contributed by atoms with Crippen molar-refractivity contribution in [3.63, 3.8) is 0 Å². The van der Waals surface area contributed by atoms with Crippen molar-refractivity contribution in [3.8, 4) is 0 Å². The average Bonchev–Trinajstić information content (AvgIpc) is 2.99. The van der Waals surface area contributed by atoms with Gasteiger partial charge in [0, 0.05) is 43.1 Å². The van der Waals surface area contributed by atoms with Crippen LogP contribution in [0.2, 0.25) is 5.02 Å². The van der Waals surface area contributed by atoms with E-state index in [9.17, 15) is 0 Å². The molecule has 0 N–H and O–H groups in total. The molecule has 118 valence electrons. The third-order valence-corrected chi connectivity index (χ3v) is 4.85. The summed E-state index contributed by atoms with van der Waals surface area (Å²) in [4.78, 5) is 11.2. The van der Waals surface area contributed by atoms with Crippen molar-refractivity contribution < 1.29 is 0 Å². The van der Waals surface area contributed by atoms with Crippen molar-refractivity contribution in [2.24, 2.45) is 0 Å². The summed E-state index contributed by atoms with van der Waals surface area (Å²) < 4.78 is 2.31. The van der Waals surface area contributed by atoms with Gasteiger partial charge in [0.25, 0.3) is 0 Å². The molecular formula is C18H19ClN4. The lowest BCUT2D eigenvalue weighted by Gasteiger charge is -2.32. The smallest absolute Gasteiger partial charge is 0.0960 e. The van der Waals surface area contributed by atoms with Gasteiger partial charge in [-0.2, -0.15) is 0 Å². The van der Waals surface area contributed by atoms with Crippen LogP contribution in [0.4, 0.5) is 0 Å². The summed E-state index contributed by atoms with van der Waals surface area (Å²) in [5.74, 6) is 0. The fourth-order valence-electron chi connectivity index (χ4n) is 3.40. The Morgan fingerprint density at radius 1 is 1.17 bits per heavy atom. The summed E-state index contributed by atoms with van der Waals surface area (Å²) in [6.07, 6.45) is 8.04. The van der Waals surface area contributed by atoms with E-state index in [4.69, 9.17) is 11.6 Å². The molecule has 0 unspecified atom stereocenters. The Labute approximate surface area is 140 Å². The molecule has 4 nitrogen and oxygen atoms in total. The summed E-state index contributed by atoms with van der Waals surface area (Å²) in [7, 11) is 0. The molecule has 0 amide bonds. The molecule has 1 aliphatic heterocycles. The van der Waals surface area contributed by atoms with Gasteiger partial charge in [-0.15, -0.1) is 0 Å². The highest BCUT2D eigenvalue weighted by molar-refractivity contribution is 6.31. The molecule has 23 heavy (non-hydrogen) atoms. The molecule has 1 aliphatic rings. The second-order valence-electron chi connectivity index (χ2n) is 6.15. The minimum atomic E-state index is 0.520. The summed E-state index contributed by atoms with van der Waals surface area (Å²) in [6.45, 7) is 3.19. The van der Waals surface area contributed by atoms with Gasteiger partial charge in [-0.25, -0.2) is 4.98 Å². The highest BCUT2D eigenvalue weighted by Gasteiger charge is 2.21. The number of fused-ring (bicyclic) bond motifs is 1. The van der Waals surface area contributed by atoms with Crippen LogP contribution < -0.4 is 0 Å². The lowest BCUT2D eigenvalue weighted by atomic mass is 10.0. The predicted molar refractivity (Wildman–Crippen MR) is 92.5 cm³/mol. The zero-order chi connectivity index (χ0) is 15.6. The number of halogens is 1. The number of pyridine rings is 1. The van der Waals surface area contributed by atoms with Gasteiger partial charge < -0.3 is 4.57 Å². The van der Waals surface area contributed by atoms with Gasteiger partial charge in [-0.1, -0.05) is 17.7 Å². The van der Waals surface area contributed by atoms with E-state index in [2.05, 4.69) is 31.6 Å². The van der Waals surface area contributed by atoms with Crippen molar-refractivity contribution in [3.05, 3.63) is 59.6 Å². The minimum Gasteiger partial charge on any atom is -0.327 e. The predicted octanol–water partition coefficient (Wildman–Crippen LogP) is 3.92. The van der Waals surface area contributed by atoms with E-state index in [-0.39, 0.29) is 0 Å². The molecule has 0 spiro atoms. The van der Waals surface area contributed by atoms with Crippen LogP contribution in [0.15, 0.2) is 49.1 Å². The third kappa shape index (κ3) is 3.09. The van der Waals surface area contributed by atoms with Gasteiger partial charge in [0.1, 0.15) is 0 Å². The van der Waals surface area contributed by atoms with E-state index in [1.807, 2.05) is 36.9 Å². The molecule has 1 saturated heterocycles. The molecule has 2 aromatic heterocycles. The highest BCUT2D eigenvalue weighted by Crippen LogP contribution is 2.28. The highest BCUT2D eigenvalue weighted by atomic mass is 35.5. The number of likely N-dealkylation sites (tertiary alicyclic amines) is 1. The van der Waals surface area contributed by atoms with Gasteiger partial charge in [0.15, 0.2) is 0 Å². The maximum Gasteiger partial charge on any atom is 0.0960 e. The Hall–Kier alpha value is -1.91. The molecule has 0 atom stereocenters. The number of benzene rings is 1. The van der Waals surface area contributed by atoms with E-state index < -0.39 is 0 Å². The van der Waals surface area contributed by atoms with Crippen LogP contribution in [0.1, 0.15) is 24.4 Å². The van der Waals surface area contributed by atoms with Crippen molar-refractivity contribution in [1.82, 2.24) is 19.4 Å². The van der Waals surface area contributed by atoms with E-state index in [1.165, 1.54) is 11.1 Å². The molecule has 1 fully saturated rings. The Morgan fingerprint density at radius 2 is 2.04 bits per heavy atom. The van der Waals surface area contributed by atoms with Crippen LogP contribution in [0.5, 0.6) is 0 Å². The Bertz CT molecular complexity index is 791. The normalized spacial score (nSPS) is 16.9. The van der Waals surface area contributed by atoms with Gasteiger partial charge >= 0.3 is 0 Å². The summed E-state index contributed by atoms with van der Waals surface area (Å²) in [5, 5.41) is 0.744. The minimum absolute atomic E-state index is 0.520. The third-order valence-electron chi connectivity index (χ3n) is 4.62. The Kier molecular flexibility index (Phi) is 4.02. The summed E-state index contributed by atoms with van der Waals surface area (Å²) in [6, 6.07) is 10.6. The standard InChI is InChI=1S/C18H19ClN4/c19-15-3-4-18-17(10-15)21-13-23(18)16-5-8-22(9-6-16)12-14-2-1-7-20-11-14/h1-4,7,10-11,13,16H,5-6,8-9,12H2. The van der Waals surface area contributed by atoms with Crippen molar-refractivity contribution in [1.29, 1.82) is 0 Å². The SMILES string of the molecule is Clc1ccc2c(c1)ncn2C1CCN(Cc2cccnc2)CC1. The lowest BCUT2D eigenvalue weighted by Crippen LogP contribution is -2.34. The topological polar surface area (TPSA) is 34.0 Å². The number of aromatic nitrogens is 3. The average molecular weight is 327 g/mol. The van der Waals surface area contributed by atoms with E-state index in [0.29, 0.717) is 6.04 Å². The fourth-order valence-corrected chi connectivity index (χ4v) is 3.57. The summed E-state index contributed by atoms with van der Waals surface area (Å²) >= 11 is 6.05. The van der Waals surface area contributed by atoms with E-state index in [0.717, 1.165) is 43.0 Å². The fraction of sp³-hybridized carbons (Fsp3) is 0.333. The molecule has 1 aromatic carbocycles. The first-order chi connectivity index (χ1) is 11.3. The van der Waals surface area contributed by atoms with Crippen LogP contribution in [0.3, 0.4) is 0 Å². The molecule has 0 bridgehead atoms. The summed E-state index contributed by atoms with van der Waals surface area (Å²) in [5.41, 5.74) is 3.45. The van der Waals surface area contributed by atoms with Gasteiger partial charge in [-0.3, -0.25) is 9.88 Å². The maximum absolute atomic E-state index is 6.05. The van der Waals surface area contributed by atoms with Gasteiger partial charge in [0.05, 0.1) is 17.4 Å². The van der Waals surface area contributed by atoms with Crippen LogP contribution in [-0.2, 0) is 6.54 Å². The molecule has 3 heterocycles. The molecule has 0 saturated carbocycles. The van der Waals surface area contributed by atoms with Crippen molar-refractivity contribution >= 4 is 22.6 Å². The van der Waals surface area contributed by atoms with Crippen LogP contribution in [-0.4, -0.2) is 32.5 Å². The number of imidazole rings is 1. The first-order valence-corrected chi connectivity index (χ1v) is 8.41. The first-order valence-electron chi connectivity index (χ1n) is 8.03. The number of rotatable bonds is 3. The quantitative estimate of drug-likeness (QED) is 0.731. The Balaban J connectivity index is 1.44. The number of hydrogen-bond donors (Lipinski definition) is 0. The molecule has 0 aliphatic carbocycles. The number of piperidine rings is 1. The van der Waals surface area contributed by atoms with E-state index in [1.54, 1.807) is 0 Å². The first kappa shape index (κ1) is 14.7. The van der Waals surface area contributed by atoms with Gasteiger partial charge in [0.2, 0.25) is 0 Å². The van der Waals surface area contributed by atoms with Crippen molar-refractivity contribution in [2.45, 2.75) is 25.4 Å². The number of nitrogens with zero attached hydrogens (tertiary/aromatic N) is 4. The molecule has 4 rings (SSSR count). The molecule has 0 radical (unpaired) electrons. The molecule has 5 heteroatoms. The molecule has 3 aromatic rings. The zero-order valence-corrected chi connectivity index (χ0v) is 13.7. The Morgan fingerprint density at radius 3 is 2.83 bits per heavy atom. The zero-order valence-electron chi connectivity index (χ0n) is 12.9. The van der Waals surface area contributed by atoms with Crippen molar-refractivity contribution in [2.75, 3.05) is 13.1 Å². The van der Waals surface area contributed by atoms with Crippen LogP contribution in [0, 0.1) is 0 Å². The largest absolute Gasteiger partial charge is 0.327 e. The van der Waals surface area contributed by atoms with Crippen LogP contribution >= 0.6 is 11.6 Å². The van der Waals surface area contributed by atoms with E-state index >= 15 is 0 Å². The van der Waals surface area contributed by atoms with Crippen LogP contribution in [0.25, 0.3) is 11.0 Å². The monoisotopic (exact) mass is 326 g/mol. The lowest BCUT2D eigenvalue weighted by molar-refractivity contribution is 0.181. The second-order valence-corrected chi connectivity index (χ2v) is 6.59.